The highest BCUT2D eigenvalue weighted by atomic mass is 16.4. The van der Waals surface area contributed by atoms with E-state index in [2.05, 4.69) is 10.2 Å². The molecule has 0 amide bonds. The van der Waals surface area contributed by atoms with E-state index < -0.39 is 11.9 Å². The molecule has 0 bridgehead atoms. The van der Waals surface area contributed by atoms with Crippen molar-refractivity contribution in [1.29, 1.82) is 0 Å². The van der Waals surface area contributed by atoms with Crippen molar-refractivity contribution < 1.29 is 14.3 Å². The fourth-order valence-corrected chi connectivity index (χ4v) is 1.54. The molecule has 1 aromatic heterocycles. The van der Waals surface area contributed by atoms with Gasteiger partial charge in [-0.3, -0.25) is 4.79 Å². The minimum absolute atomic E-state index is 0.158. The van der Waals surface area contributed by atoms with E-state index in [1.165, 1.54) is 12.5 Å². The molecule has 0 aliphatic heterocycles. The van der Waals surface area contributed by atoms with Crippen molar-refractivity contribution in [2.75, 3.05) is 0 Å². The van der Waals surface area contributed by atoms with Gasteiger partial charge in [0.1, 0.15) is 5.92 Å². The lowest BCUT2D eigenvalue weighted by Crippen LogP contribution is -2.07. The highest BCUT2D eigenvalue weighted by Crippen LogP contribution is 2.14. The van der Waals surface area contributed by atoms with E-state index in [-0.39, 0.29) is 5.89 Å². The van der Waals surface area contributed by atoms with Gasteiger partial charge in [0, 0.05) is 6.42 Å². The van der Waals surface area contributed by atoms with Gasteiger partial charge in [-0.15, -0.1) is 10.2 Å². The molecule has 1 atom stereocenters. The predicted molar refractivity (Wildman–Crippen MR) is 64.2 cm³/mol. The van der Waals surface area contributed by atoms with Crippen molar-refractivity contribution in [3.05, 3.63) is 47.7 Å². The predicted octanol–water partition coefficient (Wildman–Crippen LogP) is 2.04. The molecule has 18 heavy (non-hydrogen) atoms. The number of carboxylic acid groups (broad SMARTS) is 1. The summed E-state index contributed by atoms with van der Waals surface area (Å²) in [6.45, 7) is 1.52. The lowest BCUT2D eigenvalue weighted by atomic mass is 10.1. The maximum absolute atomic E-state index is 10.8. The summed E-state index contributed by atoms with van der Waals surface area (Å²) in [6.07, 6.45) is 1.41. The van der Waals surface area contributed by atoms with E-state index in [9.17, 15) is 4.79 Å². The molecule has 0 spiro atoms. The maximum atomic E-state index is 10.8. The van der Waals surface area contributed by atoms with E-state index in [0.29, 0.717) is 12.3 Å². The summed E-state index contributed by atoms with van der Waals surface area (Å²) in [5.74, 6) is -1.09. The minimum atomic E-state index is -0.965. The molecule has 0 aliphatic rings. The van der Waals surface area contributed by atoms with Crippen LogP contribution in [-0.2, 0) is 17.6 Å². The van der Waals surface area contributed by atoms with Crippen LogP contribution in [0.15, 0.2) is 34.7 Å². The van der Waals surface area contributed by atoms with Crippen molar-refractivity contribution in [2.24, 2.45) is 0 Å². The zero-order valence-corrected chi connectivity index (χ0v) is 10.0. The Morgan fingerprint density at radius 3 is 2.67 bits per heavy atom. The molecule has 1 unspecified atom stereocenters. The number of hydrogen-bond donors (Lipinski definition) is 1. The van der Waals surface area contributed by atoms with Gasteiger partial charge in [-0.2, -0.15) is 0 Å². The molecule has 5 heteroatoms. The summed E-state index contributed by atoms with van der Waals surface area (Å²) in [7, 11) is 0. The Bertz CT molecular complexity index is 522. The Morgan fingerprint density at radius 1 is 1.28 bits per heavy atom. The van der Waals surface area contributed by atoms with Gasteiger partial charge < -0.3 is 9.52 Å². The Labute approximate surface area is 104 Å². The normalized spacial score (nSPS) is 12.3. The van der Waals surface area contributed by atoms with Crippen LogP contribution in [0.4, 0.5) is 0 Å². The molecule has 0 saturated carbocycles. The Kier molecular flexibility index (Phi) is 3.72. The molecule has 94 valence electrons. The van der Waals surface area contributed by atoms with Crippen LogP contribution in [0, 0.1) is 0 Å². The molecule has 2 aromatic rings. The highest BCUT2D eigenvalue weighted by molar-refractivity contribution is 5.73. The van der Waals surface area contributed by atoms with Gasteiger partial charge in [0.05, 0.1) is 0 Å². The maximum Gasteiger partial charge on any atom is 0.315 e. The van der Waals surface area contributed by atoms with Gasteiger partial charge >= 0.3 is 5.97 Å². The average Bonchev–Trinajstić information content (AvgIpc) is 2.85. The SMILES string of the molecule is CC(C(=O)O)c1nnc(CCc2ccccc2)o1. The van der Waals surface area contributed by atoms with E-state index in [0.717, 1.165) is 6.42 Å². The summed E-state index contributed by atoms with van der Waals surface area (Å²) in [4.78, 5) is 10.8. The summed E-state index contributed by atoms with van der Waals surface area (Å²) in [5.41, 5.74) is 1.18. The summed E-state index contributed by atoms with van der Waals surface area (Å²) >= 11 is 0. The van der Waals surface area contributed by atoms with Gasteiger partial charge in [-0.25, -0.2) is 0 Å². The van der Waals surface area contributed by atoms with Crippen molar-refractivity contribution >= 4 is 5.97 Å². The van der Waals surface area contributed by atoms with Crippen molar-refractivity contribution in [1.82, 2.24) is 10.2 Å². The van der Waals surface area contributed by atoms with Gasteiger partial charge in [-0.05, 0) is 18.9 Å². The number of benzene rings is 1. The fraction of sp³-hybridized carbons (Fsp3) is 0.308. The molecule has 5 nitrogen and oxygen atoms in total. The first kappa shape index (κ1) is 12.3. The third-order valence-electron chi connectivity index (χ3n) is 2.69. The zero-order valence-electron chi connectivity index (χ0n) is 10.0. The number of carboxylic acids is 1. The monoisotopic (exact) mass is 246 g/mol. The number of nitrogens with zero attached hydrogens (tertiary/aromatic N) is 2. The van der Waals surface area contributed by atoms with Gasteiger partial charge in [0.25, 0.3) is 0 Å². The van der Waals surface area contributed by atoms with E-state index in [1.807, 2.05) is 30.3 Å². The average molecular weight is 246 g/mol. The third kappa shape index (κ3) is 2.94. The van der Waals surface area contributed by atoms with Crippen molar-refractivity contribution in [3.63, 3.8) is 0 Å². The number of aromatic nitrogens is 2. The largest absolute Gasteiger partial charge is 0.481 e. The first-order valence-corrected chi connectivity index (χ1v) is 5.76. The second kappa shape index (κ2) is 5.44. The first-order chi connectivity index (χ1) is 8.66. The van der Waals surface area contributed by atoms with Crippen molar-refractivity contribution in [3.8, 4) is 0 Å². The molecule has 0 aliphatic carbocycles. The molecule has 1 heterocycles. The van der Waals surface area contributed by atoms with Gasteiger partial charge in [-0.1, -0.05) is 30.3 Å². The highest BCUT2D eigenvalue weighted by Gasteiger charge is 2.20. The van der Waals surface area contributed by atoms with Crippen LogP contribution in [-0.4, -0.2) is 21.3 Å². The number of rotatable bonds is 5. The van der Waals surface area contributed by atoms with Crippen LogP contribution in [0.1, 0.15) is 30.2 Å². The quantitative estimate of drug-likeness (QED) is 0.873. The van der Waals surface area contributed by atoms with Crippen LogP contribution in [0.2, 0.25) is 0 Å². The van der Waals surface area contributed by atoms with Crippen LogP contribution in [0.5, 0.6) is 0 Å². The Balaban J connectivity index is 1.97. The van der Waals surface area contributed by atoms with Crippen LogP contribution >= 0.6 is 0 Å². The minimum Gasteiger partial charge on any atom is -0.481 e. The fourth-order valence-electron chi connectivity index (χ4n) is 1.54. The van der Waals surface area contributed by atoms with E-state index in [4.69, 9.17) is 9.52 Å². The Hall–Kier alpha value is -2.17. The standard InChI is InChI=1S/C13H14N2O3/c1-9(13(16)17)12-15-14-11(18-12)8-7-10-5-3-2-4-6-10/h2-6,9H,7-8H2,1H3,(H,16,17). The Morgan fingerprint density at radius 2 is 2.00 bits per heavy atom. The number of aliphatic carboxylic acids is 1. The topological polar surface area (TPSA) is 76.2 Å². The molecular weight excluding hydrogens is 232 g/mol. The van der Waals surface area contributed by atoms with Crippen molar-refractivity contribution in [2.45, 2.75) is 25.7 Å². The molecule has 0 radical (unpaired) electrons. The third-order valence-corrected chi connectivity index (χ3v) is 2.69. The first-order valence-electron chi connectivity index (χ1n) is 5.76. The second-order valence-corrected chi connectivity index (χ2v) is 4.08. The van der Waals surface area contributed by atoms with E-state index >= 15 is 0 Å². The molecule has 0 fully saturated rings. The zero-order chi connectivity index (χ0) is 13.0. The smallest absolute Gasteiger partial charge is 0.315 e. The number of carbonyl (C=O) groups is 1. The summed E-state index contributed by atoms with van der Waals surface area (Å²) in [5, 5.41) is 16.4. The number of hydrogen-bond acceptors (Lipinski definition) is 4. The van der Waals surface area contributed by atoms with E-state index in [1.54, 1.807) is 0 Å². The van der Waals surface area contributed by atoms with Gasteiger partial charge in [0.15, 0.2) is 0 Å². The molecule has 0 saturated heterocycles. The van der Waals surface area contributed by atoms with Crippen LogP contribution < -0.4 is 0 Å². The van der Waals surface area contributed by atoms with Crippen LogP contribution in [0.3, 0.4) is 0 Å². The second-order valence-electron chi connectivity index (χ2n) is 4.08. The number of aryl methyl sites for hydroxylation is 2. The summed E-state index contributed by atoms with van der Waals surface area (Å²) < 4.78 is 5.33. The molecule has 1 N–H and O–H groups in total. The lowest BCUT2D eigenvalue weighted by Gasteiger charge is -1.99. The lowest BCUT2D eigenvalue weighted by molar-refractivity contribution is -0.138. The molecule has 2 rings (SSSR count). The van der Waals surface area contributed by atoms with Crippen LogP contribution in [0.25, 0.3) is 0 Å². The molecule has 1 aromatic carbocycles. The van der Waals surface area contributed by atoms with Gasteiger partial charge in [0.2, 0.25) is 11.8 Å². The molecular formula is C13H14N2O3. The summed E-state index contributed by atoms with van der Waals surface area (Å²) in [6, 6.07) is 9.96.